The molecule has 1 amide bonds. The third kappa shape index (κ3) is 6.69. The van der Waals surface area contributed by atoms with Crippen molar-refractivity contribution in [1.29, 1.82) is 0 Å². The van der Waals surface area contributed by atoms with Gasteiger partial charge in [-0.3, -0.25) is 4.79 Å². The highest BCUT2D eigenvalue weighted by Crippen LogP contribution is 2.31. The van der Waals surface area contributed by atoms with Gasteiger partial charge in [0.05, 0.1) is 0 Å². The van der Waals surface area contributed by atoms with Gasteiger partial charge >= 0.3 is 0 Å². The van der Waals surface area contributed by atoms with Crippen molar-refractivity contribution in [2.45, 2.75) is 78.4 Å². The number of rotatable bonds is 9. The number of nitrogens with one attached hydrogen (secondary N) is 1. The minimum atomic E-state index is -0.268. The van der Waals surface area contributed by atoms with Crippen LogP contribution in [-0.2, 0) is 9.53 Å². The van der Waals surface area contributed by atoms with Crippen molar-refractivity contribution in [2.75, 3.05) is 45.8 Å². The van der Waals surface area contributed by atoms with E-state index in [2.05, 4.69) is 61.9 Å². The molecule has 3 aliphatic rings. The Balaban J connectivity index is 1.18. The maximum atomic E-state index is 12.8. The molecule has 200 valence electrons. The molecule has 0 aliphatic carbocycles. The number of aryl methyl sites for hydroxylation is 1. The number of nitrogens with zero attached hydrogens (tertiary/aromatic N) is 3. The van der Waals surface area contributed by atoms with Crippen LogP contribution in [0.5, 0.6) is 0 Å². The van der Waals surface area contributed by atoms with E-state index in [1.54, 1.807) is 0 Å². The fourth-order valence-electron chi connectivity index (χ4n) is 6.05. The van der Waals surface area contributed by atoms with E-state index in [0.717, 1.165) is 75.3 Å². The largest absolute Gasteiger partial charge is 0.472 e. The van der Waals surface area contributed by atoms with E-state index in [-0.39, 0.29) is 23.5 Å². The predicted molar refractivity (Wildman–Crippen MR) is 147 cm³/mol. The third-order valence-electron chi connectivity index (χ3n) is 8.83. The molecule has 2 fully saturated rings. The molecule has 4 rings (SSSR count). The molecule has 1 aromatic carbocycles. The molecule has 36 heavy (non-hydrogen) atoms. The van der Waals surface area contributed by atoms with Crippen molar-refractivity contribution in [3.05, 3.63) is 35.4 Å². The summed E-state index contributed by atoms with van der Waals surface area (Å²) in [5, 5.41) is 3.23. The lowest BCUT2D eigenvalue weighted by Crippen LogP contribution is -2.49. The lowest BCUT2D eigenvalue weighted by Gasteiger charge is -2.36. The zero-order chi connectivity index (χ0) is 25.7. The van der Waals surface area contributed by atoms with Gasteiger partial charge < -0.3 is 19.9 Å². The highest BCUT2D eigenvalue weighted by atomic mass is 16.5. The van der Waals surface area contributed by atoms with Crippen molar-refractivity contribution in [1.82, 2.24) is 15.1 Å². The Morgan fingerprint density at radius 1 is 1.17 bits per heavy atom. The van der Waals surface area contributed by atoms with Crippen molar-refractivity contribution >= 4 is 11.8 Å². The molecule has 6 nitrogen and oxygen atoms in total. The zero-order valence-corrected chi connectivity index (χ0v) is 23.3. The first-order valence-electron chi connectivity index (χ1n) is 14.3. The summed E-state index contributed by atoms with van der Waals surface area (Å²) >= 11 is 0. The molecule has 3 atom stereocenters. The van der Waals surface area contributed by atoms with E-state index < -0.39 is 0 Å². The fraction of sp³-hybridized carbons (Fsp3) is 0.733. The van der Waals surface area contributed by atoms with Gasteiger partial charge in [0.1, 0.15) is 11.6 Å². The summed E-state index contributed by atoms with van der Waals surface area (Å²) in [4.78, 5) is 22.9. The molecule has 0 saturated carbocycles. The van der Waals surface area contributed by atoms with Crippen LogP contribution in [0.1, 0.15) is 70.9 Å². The van der Waals surface area contributed by atoms with E-state index in [1.165, 1.54) is 31.5 Å². The number of hydrogen-bond donors (Lipinski definition) is 1. The molecule has 3 unspecified atom stereocenters. The van der Waals surface area contributed by atoms with E-state index in [0.29, 0.717) is 0 Å². The van der Waals surface area contributed by atoms with Crippen LogP contribution >= 0.6 is 0 Å². The summed E-state index contributed by atoms with van der Waals surface area (Å²) < 4.78 is 6.22. The molecule has 0 bridgehead atoms. The molecule has 6 heteroatoms. The second-order valence-corrected chi connectivity index (χ2v) is 12.0. The third-order valence-corrected chi connectivity index (χ3v) is 8.83. The van der Waals surface area contributed by atoms with Crippen LogP contribution < -0.4 is 5.32 Å². The van der Waals surface area contributed by atoms with E-state index in [4.69, 9.17) is 9.73 Å². The quantitative estimate of drug-likeness (QED) is 0.511. The number of carbonyl (C=O) groups is 1. The topological polar surface area (TPSA) is 57.2 Å². The lowest BCUT2D eigenvalue weighted by molar-refractivity contribution is -0.126. The average molecular weight is 497 g/mol. The molecular formula is C30H48N4O2. The number of piperidine rings is 2. The molecule has 0 spiro atoms. The molecule has 3 heterocycles. The molecular weight excluding hydrogens is 448 g/mol. The van der Waals surface area contributed by atoms with Gasteiger partial charge in [-0.2, -0.15) is 0 Å². The first-order chi connectivity index (χ1) is 17.2. The molecule has 3 aliphatic heterocycles. The van der Waals surface area contributed by atoms with Gasteiger partial charge in [0, 0.05) is 31.1 Å². The van der Waals surface area contributed by atoms with Crippen LogP contribution in [0.2, 0.25) is 0 Å². The Morgan fingerprint density at radius 2 is 1.92 bits per heavy atom. The average Bonchev–Trinajstić information content (AvgIpc) is 3.16. The zero-order valence-electron chi connectivity index (χ0n) is 23.3. The molecule has 0 aromatic heterocycles. The molecule has 1 N–H and O–H groups in total. The van der Waals surface area contributed by atoms with Crippen molar-refractivity contribution < 1.29 is 9.53 Å². The molecule has 1 aromatic rings. The van der Waals surface area contributed by atoms with Crippen LogP contribution in [0.25, 0.3) is 0 Å². The second kappa shape index (κ2) is 12.1. The van der Waals surface area contributed by atoms with Gasteiger partial charge in [-0.1, -0.05) is 32.0 Å². The summed E-state index contributed by atoms with van der Waals surface area (Å²) in [6.45, 7) is 18.2. The van der Waals surface area contributed by atoms with Crippen LogP contribution in [-0.4, -0.2) is 79.1 Å². The highest BCUT2D eigenvalue weighted by molar-refractivity contribution is 5.97. The van der Waals surface area contributed by atoms with Crippen LogP contribution in [0.15, 0.2) is 29.3 Å². The maximum Gasteiger partial charge on any atom is 0.223 e. The van der Waals surface area contributed by atoms with Crippen molar-refractivity contribution in [3.8, 4) is 0 Å². The van der Waals surface area contributed by atoms with Crippen LogP contribution in [0.4, 0.5) is 0 Å². The van der Waals surface area contributed by atoms with E-state index in [9.17, 15) is 4.79 Å². The number of amides is 1. The molecule has 2 saturated heterocycles. The summed E-state index contributed by atoms with van der Waals surface area (Å²) in [6, 6.07) is 8.28. The SMILES string of the molecule is Cc1ccccc1C1=NC(C)(CN2CCC(C(=O)NCCCN3CCCC(C(C)C)C3)CC2)C(C)O1. The first-order valence-corrected chi connectivity index (χ1v) is 14.3. The Hall–Kier alpha value is -1.92. The van der Waals surface area contributed by atoms with E-state index in [1.807, 2.05) is 12.1 Å². The Kier molecular flexibility index (Phi) is 9.10. The normalized spacial score (nSPS) is 28.2. The monoisotopic (exact) mass is 496 g/mol. The van der Waals surface area contributed by atoms with Gasteiger partial charge in [0.25, 0.3) is 0 Å². The Labute approximate surface area is 218 Å². The number of carbonyl (C=O) groups excluding carboxylic acids is 1. The minimum Gasteiger partial charge on any atom is -0.472 e. The Morgan fingerprint density at radius 3 is 2.64 bits per heavy atom. The maximum absolute atomic E-state index is 12.8. The number of benzene rings is 1. The van der Waals surface area contributed by atoms with Gasteiger partial charge in [-0.15, -0.1) is 0 Å². The number of aliphatic imine (C=N–C) groups is 1. The summed E-state index contributed by atoms with van der Waals surface area (Å²) in [6.07, 6.45) is 5.61. The Bertz CT molecular complexity index is 908. The summed E-state index contributed by atoms with van der Waals surface area (Å²) in [5.41, 5.74) is 2.01. The molecule has 0 radical (unpaired) electrons. The van der Waals surface area contributed by atoms with Gasteiger partial charge in [-0.25, -0.2) is 4.99 Å². The predicted octanol–water partition coefficient (Wildman–Crippen LogP) is 4.51. The minimum absolute atomic E-state index is 0.0313. The van der Waals surface area contributed by atoms with Crippen molar-refractivity contribution in [2.24, 2.45) is 22.7 Å². The summed E-state index contributed by atoms with van der Waals surface area (Å²) in [5.74, 6) is 2.75. The van der Waals surface area contributed by atoms with Crippen LogP contribution in [0, 0.1) is 24.7 Å². The first kappa shape index (κ1) is 27.1. The number of likely N-dealkylation sites (tertiary alicyclic amines) is 2. The number of hydrogen-bond acceptors (Lipinski definition) is 5. The fourth-order valence-corrected chi connectivity index (χ4v) is 6.05. The smallest absolute Gasteiger partial charge is 0.223 e. The van der Waals surface area contributed by atoms with Crippen molar-refractivity contribution in [3.63, 3.8) is 0 Å². The highest BCUT2D eigenvalue weighted by Gasteiger charge is 2.42. The van der Waals surface area contributed by atoms with Gasteiger partial charge in [0.2, 0.25) is 11.8 Å². The van der Waals surface area contributed by atoms with Crippen LogP contribution in [0.3, 0.4) is 0 Å². The lowest BCUT2D eigenvalue weighted by atomic mass is 9.88. The standard InChI is InChI=1S/C30H48N4O2/c1-22(2)26-11-8-16-33(20-26)17-9-15-31-28(35)25-13-18-34(19-14-25)21-30(5)24(4)36-29(32-30)27-12-7-6-10-23(27)3/h6-7,10,12,22,24-26H,8-9,11,13-21H2,1-5H3,(H,31,35). The van der Waals surface area contributed by atoms with Gasteiger partial charge in [-0.05, 0) is 103 Å². The summed E-state index contributed by atoms with van der Waals surface area (Å²) in [7, 11) is 0. The number of ether oxygens (including phenoxy) is 1. The van der Waals surface area contributed by atoms with Gasteiger partial charge in [0.15, 0.2) is 0 Å². The van der Waals surface area contributed by atoms with E-state index >= 15 is 0 Å². The second-order valence-electron chi connectivity index (χ2n) is 12.0.